The van der Waals surface area contributed by atoms with Crippen LogP contribution in [0.5, 0.6) is 0 Å². The number of aromatic amines is 1. The average Bonchev–Trinajstić information content (AvgIpc) is 3.28. The fourth-order valence-electron chi connectivity index (χ4n) is 3.63. The molecular formula is C18H24N6O3. The molecule has 2 aromatic heterocycles. The van der Waals surface area contributed by atoms with Crippen LogP contribution >= 0.6 is 0 Å². The van der Waals surface area contributed by atoms with Gasteiger partial charge in [-0.2, -0.15) is 5.10 Å². The minimum Gasteiger partial charge on any atom is -0.391 e. The van der Waals surface area contributed by atoms with E-state index in [2.05, 4.69) is 20.2 Å². The molecule has 144 valence electrons. The van der Waals surface area contributed by atoms with E-state index in [1.54, 1.807) is 11.1 Å². The van der Waals surface area contributed by atoms with Gasteiger partial charge in [-0.1, -0.05) is 0 Å². The number of carbonyl (C=O) groups excluding carboxylic acids is 1. The molecule has 2 aliphatic rings. The van der Waals surface area contributed by atoms with Gasteiger partial charge in [-0.3, -0.25) is 14.9 Å². The van der Waals surface area contributed by atoms with Gasteiger partial charge in [0.25, 0.3) is 5.91 Å². The molecule has 2 aliphatic heterocycles. The van der Waals surface area contributed by atoms with Gasteiger partial charge in [0, 0.05) is 37.8 Å². The minimum absolute atomic E-state index is 0.0631. The number of hydrogen-bond acceptors (Lipinski definition) is 7. The summed E-state index contributed by atoms with van der Waals surface area (Å²) in [5, 5.41) is 17.6. The van der Waals surface area contributed by atoms with Crippen molar-refractivity contribution in [3.63, 3.8) is 0 Å². The average molecular weight is 372 g/mol. The monoisotopic (exact) mass is 372 g/mol. The largest absolute Gasteiger partial charge is 0.391 e. The van der Waals surface area contributed by atoms with Crippen LogP contribution in [-0.2, 0) is 11.2 Å². The Morgan fingerprint density at radius 1 is 1.33 bits per heavy atom. The number of aliphatic hydroxyl groups is 1. The number of aromatic nitrogens is 4. The van der Waals surface area contributed by atoms with Gasteiger partial charge in [-0.15, -0.1) is 0 Å². The molecule has 4 heterocycles. The molecule has 0 aromatic carbocycles. The molecule has 2 saturated heterocycles. The molecule has 0 saturated carbocycles. The van der Waals surface area contributed by atoms with E-state index in [9.17, 15) is 9.90 Å². The maximum absolute atomic E-state index is 12.6. The zero-order valence-electron chi connectivity index (χ0n) is 15.3. The van der Waals surface area contributed by atoms with Gasteiger partial charge in [0.05, 0.1) is 37.4 Å². The Labute approximate surface area is 157 Å². The van der Waals surface area contributed by atoms with Crippen molar-refractivity contribution in [2.24, 2.45) is 5.92 Å². The third-order valence-electron chi connectivity index (χ3n) is 5.10. The van der Waals surface area contributed by atoms with E-state index >= 15 is 0 Å². The first-order chi connectivity index (χ1) is 13.1. The molecule has 2 atom stereocenters. The highest BCUT2D eigenvalue weighted by Crippen LogP contribution is 2.25. The third-order valence-corrected chi connectivity index (χ3v) is 5.10. The van der Waals surface area contributed by atoms with Crippen LogP contribution in [0.15, 0.2) is 18.5 Å². The molecular weight excluding hydrogens is 348 g/mol. The fraction of sp³-hybridized carbons (Fsp3) is 0.556. The Morgan fingerprint density at radius 3 is 2.89 bits per heavy atom. The van der Waals surface area contributed by atoms with Crippen molar-refractivity contribution >= 4 is 11.7 Å². The van der Waals surface area contributed by atoms with Crippen LogP contribution in [0, 0.1) is 12.8 Å². The van der Waals surface area contributed by atoms with Crippen molar-refractivity contribution in [1.82, 2.24) is 25.1 Å². The molecule has 0 bridgehead atoms. The van der Waals surface area contributed by atoms with Crippen molar-refractivity contribution in [2.75, 3.05) is 44.3 Å². The predicted octanol–water partition coefficient (Wildman–Crippen LogP) is 0.0203. The van der Waals surface area contributed by atoms with Gasteiger partial charge in [0.2, 0.25) is 0 Å². The van der Waals surface area contributed by atoms with E-state index in [0.717, 1.165) is 11.4 Å². The predicted molar refractivity (Wildman–Crippen MR) is 97.5 cm³/mol. The molecule has 27 heavy (non-hydrogen) atoms. The Balaban J connectivity index is 1.45. The number of carbonyl (C=O) groups is 1. The zero-order chi connectivity index (χ0) is 18.8. The van der Waals surface area contributed by atoms with Crippen LogP contribution in [0.4, 0.5) is 5.82 Å². The number of aryl methyl sites for hydroxylation is 1. The smallest absolute Gasteiger partial charge is 0.274 e. The summed E-state index contributed by atoms with van der Waals surface area (Å²) >= 11 is 0. The zero-order valence-corrected chi connectivity index (χ0v) is 15.3. The Bertz CT molecular complexity index is 804. The minimum atomic E-state index is -0.470. The van der Waals surface area contributed by atoms with Crippen LogP contribution in [-0.4, -0.2) is 81.6 Å². The number of nitrogens with zero attached hydrogens (tertiary/aromatic N) is 5. The van der Waals surface area contributed by atoms with Crippen LogP contribution < -0.4 is 4.90 Å². The number of H-pyrrole nitrogens is 1. The summed E-state index contributed by atoms with van der Waals surface area (Å²) in [4.78, 5) is 25.1. The van der Waals surface area contributed by atoms with Crippen molar-refractivity contribution < 1.29 is 14.6 Å². The second-order valence-corrected chi connectivity index (χ2v) is 7.15. The Kier molecular flexibility index (Phi) is 5.04. The molecule has 1 amide bonds. The summed E-state index contributed by atoms with van der Waals surface area (Å²) in [5.41, 5.74) is 2.28. The van der Waals surface area contributed by atoms with Crippen molar-refractivity contribution in [3.05, 3.63) is 35.5 Å². The van der Waals surface area contributed by atoms with Crippen molar-refractivity contribution in [1.29, 1.82) is 0 Å². The second kappa shape index (κ2) is 7.61. The molecule has 9 nitrogen and oxygen atoms in total. The van der Waals surface area contributed by atoms with Gasteiger partial charge in [0.1, 0.15) is 11.5 Å². The molecule has 9 heteroatoms. The summed E-state index contributed by atoms with van der Waals surface area (Å²) in [6.45, 7) is 5.31. The Hall–Kier alpha value is -2.52. The number of amides is 1. The van der Waals surface area contributed by atoms with Crippen molar-refractivity contribution in [2.45, 2.75) is 19.4 Å². The van der Waals surface area contributed by atoms with Crippen LogP contribution in [0.2, 0.25) is 0 Å². The van der Waals surface area contributed by atoms with E-state index < -0.39 is 6.10 Å². The number of anilines is 1. The summed E-state index contributed by atoms with van der Waals surface area (Å²) in [7, 11) is 0. The highest BCUT2D eigenvalue weighted by Gasteiger charge is 2.33. The van der Waals surface area contributed by atoms with E-state index in [1.807, 2.05) is 17.9 Å². The maximum atomic E-state index is 12.6. The lowest BCUT2D eigenvalue weighted by Crippen LogP contribution is -2.41. The molecule has 0 spiro atoms. The van der Waals surface area contributed by atoms with Crippen molar-refractivity contribution in [3.8, 4) is 0 Å². The molecule has 4 rings (SSSR count). The highest BCUT2D eigenvalue weighted by atomic mass is 16.5. The lowest BCUT2D eigenvalue weighted by Gasteiger charge is -2.26. The number of nitrogens with one attached hydrogen (secondary N) is 1. The number of β-amino-alcohol motifs (C(OH)–C–C–N with tert-alkyl or cyclic N) is 1. The normalized spacial score (nSPS) is 23.0. The summed E-state index contributed by atoms with van der Waals surface area (Å²) in [6.07, 6.45) is 3.37. The SMILES string of the molecule is Cc1cc(C[C@@H]2CN(c3cncc(C(=O)N4CCOCC4)n3)C[C@H]2O)n[nH]1. The maximum Gasteiger partial charge on any atom is 0.274 e. The number of aliphatic hydroxyl groups excluding tert-OH is 1. The molecule has 0 unspecified atom stereocenters. The fourth-order valence-corrected chi connectivity index (χ4v) is 3.63. The summed E-state index contributed by atoms with van der Waals surface area (Å²) in [6, 6.07) is 2.00. The molecule has 0 radical (unpaired) electrons. The van der Waals surface area contributed by atoms with E-state index in [4.69, 9.17) is 4.74 Å². The standard InChI is InChI=1S/C18H24N6O3/c1-12-6-14(22-21-12)7-13-10-24(11-16(13)25)17-9-19-8-15(20-17)18(26)23-2-4-27-5-3-23/h6,8-9,13,16,25H,2-5,7,10-11H2,1H3,(H,21,22)/t13-,16-/m1/s1. The first kappa shape index (κ1) is 17.9. The van der Waals surface area contributed by atoms with E-state index in [1.165, 1.54) is 6.20 Å². The van der Waals surface area contributed by atoms with Crippen LogP contribution in [0.3, 0.4) is 0 Å². The number of morpholine rings is 1. The molecule has 2 aromatic rings. The molecule has 0 aliphatic carbocycles. The summed E-state index contributed by atoms with van der Waals surface area (Å²) < 4.78 is 5.29. The number of hydrogen-bond donors (Lipinski definition) is 2. The lowest BCUT2D eigenvalue weighted by atomic mass is 10.0. The Morgan fingerprint density at radius 2 is 2.15 bits per heavy atom. The first-order valence-corrected chi connectivity index (χ1v) is 9.23. The van der Waals surface area contributed by atoms with E-state index in [-0.39, 0.29) is 11.8 Å². The molecule has 2 N–H and O–H groups in total. The van der Waals surface area contributed by atoms with Crippen LogP contribution in [0.1, 0.15) is 21.9 Å². The van der Waals surface area contributed by atoms with Gasteiger partial charge < -0.3 is 19.6 Å². The van der Waals surface area contributed by atoms with Gasteiger partial charge in [0.15, 0.2) is 0 Å². The van der Waals surface area contributed by atoms with Gasteiger partial charge in [-0.25, -0.2) is 4.98 Å². The highest BCUT2D eigenvalue weighted by molar-refractivity contribution is 5.92. The number of rotatable bonds is 4. The van der Waals surface area contributed by atoms with E-state index in [0.29, 0.717) is 57.3 Å². The molecule has 2 fully saturated rings. The summed E-state index contributed by atoms with van der Waals surface area (Å²) in [5.74, 6) is 0.554. The third kappa shape index (κ3) is 3.93. The number of ether oxygens (including phenoxy) is 1. The van der Waals surface area contributed by atoms with Gasteiger partial charge in [-0.05, 0) is 19.4 Å². The lowest BCUT2D eigenvalue weighted by molar-refractivity contribution is 0.0299. The second-order valence-electron chi connectivity index (χ2n) is 7.15. The quantitative estimate of drug-likeness (QED) is 0.779. The van der Waals surface area contributed by atoms with Crippen LogP contribution in [0.25, 0.3) is 0 Å². The van der Waals surface area contributed by atoms with Gasteiger partial charge >= 0.3 is 0 Å². The first-order valence-electron chi connectivity index (χ1n) is 9.23. The topological polar surface area (TPSA) is 107 Å².